The molecule has 0 aliphatic heterocycles. The maximum absolute atomic E-state index is 11.8. The van der Waals surface area contributed by atoms with Gasteiger partial charge in [-0.25, -0.2) is 18.4 Å². The molecule has 1 aromatic rings. The van der Waals surface area contributed by atoms with E-state index in [1.807, 2.05) is 6.92 Å². The third-order valence-corrected chi connectivity index (χ3v) is 3.52. The highest BCUT2D eigenvalue weighted by Crippen LogP contribution is 2.25. The monoisotopic (exact) mass is 315 g/mol. The molecule has 0 atom stereocenters. The van der Waals surface area contributed by atoms with Gasteiger partial charge in [-0.05, 0) is 38.5 Å². The summed E-state index contributed by atoms with van der Waals surface area (Å²) >= 11 is 0. The number of sulfonamides is 1. The summed E-state index contributed by atoms with van der Waals surface area (Å²) in [5.74, 6) is -0.456. The minimum Gasteiger partial charge on any atom is -0.492 e. The smallest absolute Gasteiger partial charge is 0.338 e. The zero-order chi connectivity index (χ0) is 16.0. The average molecular weight is 315 g/mol. The van der Waals surface area contributed by atoms with Crippen LogP contribution in [-0.4, -0.2) is 27.1 Å². The van der Waals surface area contributed by atoms with E-state index in [0.29, 0.717) is 6.61 Å². The Balaban J connectivity index is 3.10. The van der Waals surface area contributed by atoms with E-state index in [1.54, 1.807) is 13.8 Å². The van der Waals surface area contributed by atoms with Crippen LogP contribution in [0.3, 0.4) is 0 Å². The predicted octanol–water partition coefficient (Wildman–Crippen LogP) is 2.08. The summed E-state index contributed by atoms with van der Waals surface area (Å²) in [6.07, 6.45) is 1.42. The molecule has 0 unspecified atom stereocenters. The fourth-order valence-corrected chi connectivity index (χ4v) is 2.28. The van der Waals surface area contributed by atoms with Crippen molar-refractivity contribution in [3.8, 4) is 5.75 Å². The predicted molar refractivity (Wildman–Crippen MR) is 78.8 cm³/mol. The number of esters is 1. The van der Waals surface area contributed by atoms with Crippen molar-refractivity contribution in [3.05, 3.63) is 23.8 Å². The van der Waals surface area contributed by atoms with E-state index < -0.39 is 16.0 Å². The van der Waals surface area contributed by atoms with Crippen molar-refractivity contribution < 1.29 is 22.7 Å². The van der Waals surface area contributed by atoms with Gasteiger partial charge in [0.1, 0.15) is 10.6 Å². The van der Waals surface area contributed by atoms with Gasteiger partial charge in [0.05, 0.1) is 18.3 Å². The Labute approximate surface area is 125 Å². The van der Waals surface area contributed by atoms with Crippen LogP contribution >= 0.6 is 0 Å². The summed E-state index contributed by atoms with van der Waals surface area (Å²) in [5, 5.41) is 5.17. The van der Waals surface area contributed by atoms with Gasteiger partial charge in [0.15, 0.2) is 0 Å². The zero-order valence-electron chi connectivity index (χ0n) is 12.5. The number of carbonyl (C=O) groups is 1. The molecule has 118 valence electrons. The number of carbonyl (C=O) groups excluding carboxylic acids is 1. The van der Waals surface area contributed by atoms with E-state index >= 15 is 0 Å². The van der Waals surface area contributed by atoms with Crippen LogP contribution in [0.1, 0.15) is 44.0 Å². The molecule has 1 rings (SSSR count). The molecule has 0 spiro atoms. The molecule has 0 heterocycles. The number of unbranched alkanes of at least 4 members (excludes halogenated alkanes) is 1. The molecule has 2 N–H and O–H groups in total. The Morgan fingerprint density at radius 2 is 2.00 bits per heavy atom. The largest absolute Gasteiger partial charge is 0.492 e. The van der Waals surface area contributed by atoms with E-state index in [0.717, 1.165) is 12.8 Å². The standard InChI is InChI=1S/C14H21NO5S/c1-4-5-8-19-12-7-6-11(14(16)20-10(2)3)9-13(12)21(15,17)18/h6-7,9-10H,4-5,8H2,1-3H3,(H2,15,17,18). The SMILES string of the molecule is CCCCOc1ccc(C(=O)OC(C)C)cc1S(N)(=O)=O. The van der Waals surface area contributed by atoms with Gasteiger partial charge >= 0.3 is 5.97 Å². The van der Waals surface area contributed by atoms with E-state index in [2.05, 4.69) is 0 Å². The second-order valence-electron chi connectivity index (χ2n) is 4.86. The van der Waals surface area contributed by atoms with Gasteiger partial charge in [-0.3, -0.25) is 0 Å². The summed E-state index contributed by atoms with van der Waals surface area (Å²) in [6.45, 7) is 5.80. The van der Waals surface area contributed by atoms with Gasteiger partial charge in [-0.2, -0.15) is 0 Å². The lowest BCUT2D eigenvalue weighted by Crippen LogP contribution is -2.17. The van der Waals surface area contributed by atoms with Crippen molar-refractivity contribution in [1.29, 1.82) is 0 Å². The zero-order valence-corrected chi connectivity index (χ0v) is 13.3. The normalized spacial score (nSPS) is 11.5. The quantitative estimate of drug-likeness (QED) is 0.614. The minimum atomic E-state index is -3.99. The first-order chi connectivity index (χ1) is 9.75. The molecule has 0 radical (unpaired) electrons. The molecule has 7 heteroatoms. The lowest BCUT2D eigenvalue weighted by molar-refractivity contribution is 0.0377. The Kier molecular flexibility index (Phi) is 6.17. The lowest BCUT2D eigenvalue weighted by Gasteiger charge is -2.12. The summed E-state index contributed by atoms with van der Waals surface area (Å²) in [6, 6.07) is 4.06. The van der Waals surface area contributed by atoms with Crippen LogP contribution in [0.2, 0.25) is 0 Å². The number of benzene rings is 1. The second-order valence-corrected chi connectivity index (χ2v) is 6.39. The van der Waals surface area contributed by atoms with E-state index in [1.165, 1.54) is 18.2 Å². The molecule has 0 amide bonds. The molecule has 0 bridgehead atoms. The fourth-order valence-electron chi connectivity index (χ4n) is 1.59. The Morgan fingerprint density at radius 1 is 1.33 bits per heavy atom. The third-order valence-electron chi connectivity index (χ3n) is 2.58. The first-order valence-corrected chi connectivity index (χ1v) is 8.31. The molecule has 0 fully saturated rings. The van der Waals surface area contributed by atoms with Crippen LogP contribution in [0, 0.1) is 0 Å². The van der Waals surface area contributed by atoms with Crippen LogP contribution in [-0.2, 0) is 14.8 Å². The molecule has 6 nitrogen and oxygen atoms in total. The number of nitrogens with two attached hydrogens (primary N) is 1. The highest BCUT2D eigenvalue weighted by molar-refractivity contribution is 7.89. The molecule has 0 aliphatic rings. The average Bonchev–Trinajstić information content (AvgIpc) is 2.37. The van der Waals surface area contributed by atoms with Crippen LogP contribution in [0.5, 0.6) is 5.75 Å². The van der Waals surface area contributed by atoms with Crippen LogP contribution in [0.4, 0.5) is 0 Å². The maximum Gasteiger partial charge on any atom is 0.338 e. The van der Waals surface area contributed by atoms with Crippen LogP contribution in [0.25, 0.3) is 0 Å². The number of ether oxygens (including phenoxy) is 2. The van der Waals surface area contributed by atoms with E-state index in [-0.39, 0.29) is 22.3 Å². The molecule has 1 aromatic carbocycles. The highest BCUT2D eigenvalue weighted by Gasteiger charge is 2.19. The number of hydrogen-bond donors (Lipinski definition) is 1. The molecule has 0 aromatic heterocycles. The number of primary sulfonamides is 1. The van der Waals surface area contributed by atoms with Gasteiger partial charge in [-0.15, -0.1) is 0 Å². The van der Waals surface area contributed by atoms with Crippen molar-refractivity contribution >= 4 is 16.0 Å². The maximum atomic E-state index is 11.8. The van der Waals surface area contributed by atoms with Gasteiger partial charge in [0, 0.05) is 0 Å². The Morgan fingerprint density at radius 3 is 2.52 bits per heavy atom. The second kappa shape index (κ2) is 7.42. The first kappa shape index (κ1) is 17.5. The van der Waals surface area contributed by atoms with Crippen molar-refractivity contribution in [2.24, 2.45) is 5.14 Å². The summed E-state index contributed by atoms with van der Waals surface area (Å²) < 4.78 is 33.7. The van der Waals surface area contributed by atoms with Crippen LogP contribution < -0.4 is 9.88 Å². The highest BCUT2D eigenvalue weighted by atomic mass is 32.2. The van der Waals surface area contributed by atoms with Gasteiger partial charge in [-0.1, -0.05) is 13.3 Å². The van der Waals surface area contributed by atoms with Crippen LogP contribution in [0.15, 0.2) is 23.1 Å². The summed E-state index contributed by atoms with van der Waals surface area (Å²) in [7, 11) is -3.99. The van der Waals surface area contributed by atoms with Crippen molar-refractivity contribution in [2.45, 2.75) is 44.6 Å². The fraction of sp³-hybridized carbons (Fsp3) is 0.500. The first-order valence-electron chi connectivity index (χ1n) is 6.76. The van der Waals surface area contributed by atoms with Gasteiger partial charge < -0.3 is 9.47 Å². The molecule has 21 heavy (non-hydrogen) atoms. The molecular formula is C14H21NO5S. The topological polar surface area (TPSA) is 95.7 Å². The molecule has 0 saturated heterocycles. The van der Waals surface area contributed by atoms with E-state index in [4.69, 9.17) is 14.6 Å². The minimum absolute atomic E-state index is 0.121. The number of hydrogen-bond acceptors (Lipinski definition) is 5. The van der Waals surface area contributed by atoms with Gasteiger partial charge in [0.2, 0.25) is 10.0 Å². The van der Waals surface area contributed by atoms with E-state index in [9.17, 15) is 13.2 Å². The molecule has 0 saturated carbocycles. The van der Waals surface area contributed by atoms with Crippen molar-refractivity contribution in [2.75, 3.05) is 6.61 Å². The summed E-state index contributed by atoms with van der Waals surface area (Å²) in [5.41, 5.74) is 0.121. The Bertz CT molecular complexity index is 595. The van der Waals surface area contributed by atoms with Crippen molar-refractivity contribution in [3.63, 3.8) is 0 Å². The lowest BCUT2D eigenvalue weighted by atomic mass is 10.2. The third kappa shape index (κ3) is 5.35. The molecule has 0 aliphatic carbocycles. The molecular weight excluding hydrogens is 294 g/mol. The number of rotatable bonds is 7. The summed E-state index contributed by atoms with van der Waals surface area (Å²) in [4.78, 5) is 11.6. The van der Waals surface area contributed by atoms with Gasteiger partial charge in [0.25, 0.3) is 0 Å². The Hall–Kier alpha value is -1.60. The van der Waals surface area contributed by atoms with Crippen molar-refractivity contribution in [1.82, 2.24) is 0 Å².